The van der Waals surface area contributed by atoms with E-state index in [1.165, 1.54) is 12.1 Å². The van der Waals surface area contributed by atoms with Gasteiger partial charge < -0.3 is 25.2 Å². The van der Waals surface area contributed by atoms with Gasteiger partial charge in [0, 0.05) is 48.7 Å². The normalized spacial score (nSPS) is 17.2. The molecule has 0 saturated carbocycles. The number of rotatable bonds is 7. The molecule has 2 saturated heterocycles. The van der Waals surface area contributed by atoms with Crippen LogP contribution >= 0.6 is 11.3 Å². The van der Waals surface area contributed by atoms with E-state index in [9.17, 15) is 9.18 Å². The maximum atomic E-state index is 17.3. The summed E-state index contributed by atoms with van der Waals surface area (Å²) in [6, 6.07) is 14.5. The molecule has 2 aliphatic heterocycles. The predicted octanol–water partition coefficient (Wildman–Crippen LogP) is 5.74. The molecule has 12 heteroatoms. The Labute approximate surface area is 268 Å². The predicted molar refractivity (Wildman–Crippen MR) is 178 cm³/mol. The van der Waals surface area contributed by atoms with E-state index in [4.69, 9.17) is 15.5 Å². The standard InChI is InChI=1S/C34H33F2N7O2S/c1-3-26(44)42-14-16-43(17-15-42)32-24-18-23(20-8-5-4-6-9-20)27(22-11-12-25(35)31-30(22)38-33(37)46-31)28(36)29(24)39-34(40-32)45-19-21-10-7-13-41(21)2/h3-6,8-9,11-12,18,21H,1,7,10,13-17,19H2,2H3,(H2,37,38). The first kappa shape index (κ1) is 30.0. The maximum Gasteiger partial charge on any atom is 0.319 e. The third-order valence-corrected chi connectivity index (χ3v) is 9.79. The van der Waals surface area contributed by atoms with Gasteiger partial charge in [-0.15, -0.1) is 0 Å². The van der Waals surface area contributed by atoms with Crippen molar-refractivity contribution in [3.63, 3.8) is 0 Å². The fraction of sp³-hybridized carbons (Fsp3) is 0.294. The summed E-state index contributed by atoms with van der Waals surface area (Å²) in [6.45, 7) is 6.86. The average molecular weight is 642 g/mol. The first-order chi connectivity index (χ1) is 22.3. The number of fused-ring (bicyclic) bond motifs is 2. The number of aromatic nitrogens is 3. The Morgan fingerprint density at radius 3 is 2.54 bits per heavy atom. The van der Waals surface area contributed by atoms with Gasteiger partial charge in [0.1, 0.15) is 23.8 Å². The molecule has 4 heterocycles. The molecule has 0 radical (unpaired) electrons. The van der Waals surface area contributed by atoms with Crippen LogP contribution in [0.5, 0.6) is 6.01 Å². The Hall–Kier alpha value is -4.68. The smallest absolute Gasteiger partial charge is 0.319 e. The number of amides is 1. The van der Waals surface area contributed by atoms with Crippen LogP contribution in [0.15, 0.2) is 61.2 Å². The van der Waals surface area contributed by atoms with Crippen molar-refractivity contribution < 1.29 is 18.3 Å². The van der Waals surface area contributed by atoms with E-state index in [0.29, 0.717) is 55.1 Å². The number of nitrogens with two attached hydrogens (primary N) is 1. The summed E-state index contributed by atoms with van der Waals surface area (Å²) in [6.07, 6.45) is 3.38. The van der Waals surface area contributed by atoms with Crippen molar-refractivity contribution in [3.05, 3.63) is 72.8 Å². The van der Waals surface area contributed by atoms with Gasteiger partial charge in [0.15, 0.2) is 10.9 Å². The molecule has 0 bridgehead atoms. The second kappa shape index (κ2) is 12.3. The summed E-state index contributed by atoms with van der Waals surface area (Å²) in [4.78, 5) is 32.2. The number of nitrogens with zero attached hydrogens (tertiary/aromatic N) is 6. The number of piperazine rings is 1. The molecular formula is C34H33F2N7O2S. The number of anilines is 2. The van der Waals surface area contributed by atoms with Crippen LogP contribution in [-0.4, -0.2) is 83.1 Å². The Bertz CT molecular complexity index is 1960. The van der Waals surface area contributed by atoms with E-state index in [1.807, 2.05) is 41.3 Å². The molecule has 0 spiro atoms. The van der Waals surface area contributed by atoms with Crippen molar-refractivity contribution in [2.75, 3.05) is 57.0 Å². The lowest BCUT2D eigenvalue weighted by Gasteiger charge is -2.35. The number of likely N-dealkylation sites (N-methyl/N-ethyl adjacent to an activating group) is 1. The molecule has 2 aliphatic rings. The van der Waals surface area contributed by atoms with Crippen LogP contribution < -0.4 is 15.4 Å². The largest absolute Gasteiger partial charge is 0.462 e. The summed E-state index contributed by atoms with van der Waals surface area (Å²) in [7, 11) is 2.06. The highest BCUT2D eigenvalue weighted by Gasteiger charge is 2.29. The summed E-state index contributed by atoms with van der Waals surface area (Å²) < 4.78 is 38.6. The number of halogens is 2. The number of carbonyl (C=O) groups is 1. The second-order valence-corrected chi connectivity index (χ2v) is 12.7. The molecule has 9 nitrogen and oxygen atoms in total. The molecule has 3 aromatic carbocycles. The van der Waals surface area contributed by atoms with Gasteiger partial charge in [0.2, 0.25) is 5.91 Å². The lowest BCUT2D eigenvalue weighted by atomic mass is 9.91. The molecule has 1 atom stereocenters. The first-order valence-corrected chi connectivity index (χ1v) is 16.1. The molecule has 1 unspecified atom stereocenters. The Morgan fingerprint density at radius 1 is 1.04 bits per heavy atom. The minimum atomic E-state index is -0.595. The number of carbonyl (C=O) groups excluding carboxylic acids is 1. The topological polar surface area (TPSA) is 101 Å². The monoisotopic (exact) mass is 641 g/mol. The molecule has 2 aromatic heterocycles. The highest BCUT2D eigenvalue weighted by Crippen LogP contribution is 2.44. The summed E-state index contributed by atoms with van der Waals surface area (Å²) in [5, 5.41) is 0.695. The minimum absolute atomic E-state index is 0.0758. The molecule has 2 fully saturated rings. The summed E-state index contributed by atoms with van der Waals surface area (Å²) in [5.74, 6) is -0.674. The molecule has 1 amide bonds. The second-order valence-electron chi connectivity index (χ2n) is 11.6. The zero-order valence-corrected chi connectivity index (χ0v) is 26.2. The fourth-order valence-electron chi connectivity index (χ4n) is 6.43. The number of ether oxygens (including phenoxy) is 1. The molecule has 2 N–H and O–H groups in total. The van der Waals surface area contributed by atoms with Gasteiger partial charge in [0.05, 0.1) is 10.2 Å². The average Bonchev–Trinajstić information content (AvgIpc) is 3.69. The lowest BCUT2D eigenvalue weighted by Crippen LogP contribution is -2.48. The molecule has 0 aliphatic carbocycles. The third kappa shape index (κ3) is 5.41. The van der Waals surface area contributed by atoms with Gasteiger partial charge in [0.25, 0.3) is 0 Å². The maximum absolute atomic E-state index is 17.3. The van der Waals surface area contributed by atoms with Gasteiger partial charge in [-0.25, -0.2) is 13.8 Å². The van der Waals surface area contributed by atoms with Crippen LogP contribution in [0.1, 0.15) is 12.8 Å². The van der Waals surface area contributed by atoms with Crippen molar-refractivity contribution in [1.29, 1.82) is 0 Å². The number of likely N-dealkylation sites (tertiary alicyclic amines) is 1. The zero-order chi connectivity index (χ0) is 31.9. The van der Waals surface area contributed by atoms with Crippen molar-refractivity contribution in [3.8, 4) is 28.3 Å². The summed E-state index contributed by atoms with van der Waals surface area (Å²) in [5.41, 5.74) is 8.37. The third-order valence-electron chi connectivity index (χ3n) is 8.90. The molecule has 5 aromatic rings. The van der Waals surface area contributed by atoms with Gasteiger partial charge in [-0.05, 0) is 61.8 Å². The van der Waals surface area contributed by atoms with Crippen molar-refractivity contribution in [2.45, 2.75) is 18.9 Å². The highest BCUT2D eigenvalue weighted by molar-refractivity contribution is 7.22. The van der Waals surface area contributed by atoms with E-state index in [1.54, 1.807) is 11.0 Å². The SMILES string of the molecule is C=CC(=O)N1CCN(c2nc(OCC3CCCN3C)nc3c(F)c(-c4ccc(F)c5sc(N)nc45)c(-c4ccccc4)cc23)CC1. The van der Waals surface area contributed by atoms with Crippen molar-refractivity contribution in [2.24, 2.45) is 0 Å². The number of thiazole rings is 1. The quantitative estimate of drug-likeness (QED) is 0.225. The number of hydrogen-bond acceptors (Lipinski definition) is 9. The van der Waals surface area contributed by atoms with Crippen LogP contribution in [-0.2, 0) is 4.79 Å². The summed E-state index contributed by atoms with van der Waals surface area (Å²) >= 11 is 1.02. The molecule has 7 rings (SSSR count). The van der Waals surface area contributed by atoms with Crippen molar-refractivity contribution in [1.82, 2.24) is 24.8 Å². The van der Waals surface area contributed by atoms with Crippen LogP contribution in [0.25, 0.3) is 43.4 Å². The number of benzene rings is 3. The van der Waals surface area contributed by atoms with Crippen LogP contribution in [0.4, 0.5) is 19.7 Å². The lowest BCUT2D eigenvalue weighted by molar-refractivity contribution is -0.126. The van der Waals surface area contributed by atoms with Gasteiger partial charge in [-0.2, -0.15) is 9.97 Å². The Morgan fingerprint density at radius 2 is 1.83 bits per heavy atom. The van der Waals surface area contributed by atoms with Gasteiger partial charge >= 0.3 is 6.01 Å². The molecular weight excluding hydrogens is 608 g/mol. The number of hydrogen-bond donors (Lipinski definition) is 1. The van der Waals surface area contributed by atoms with Crippen LogP contribution in [0, 0.1) is 11.6 Å². The Kier molecular flexibility index (Phi) is 7.99. The van der Waals surface area contributed by atoms with Crippen LogP contribution in [0.3, 0.4) is 0 Å². The first-order valence-electron chi connectivity index (χ1n) is 15.3. The molecule has 46 heavy (non-hydrogen) atoms. The van der Waals surface area contributed by atoms with Crippen LogP contribution in [0.2, 0.25) is 0 Å². The minimum Gasteiger partial charge on any atom is -0.462 e. The van der Waals surface area contributed by atoms with E-state index >= 15 is 4.39 Å². The van der Waals surface area contributed by atoms with Gasteiger partial charge in [-0.1, -0.05) is 48.2 Å². The fourth-order valence-corrected chi connectivity index (χ4v) is 7.19. The van der Waals surface area contributed by atoms with Gasteiger partial charge in [-0.3, -0.25) is 4.79 Å². The number of nitrogen functional groups attached to an aromatic ring is 1. The van der Waals surface area contributed by atoms with E-state index in [0.717, 1.165) is 36.3 Å². The molecule has 236 valence electrons. The van der Waals surface area contributed by atoms with Crippen molar-refractivity contribution >= 4 is 49.3 Å². The van der Waals surface area contributed by atoms with E-state index < -0.39 is 11.6 Å². The van der Waals surface area contributed by atoms with E-state index in [-0.39, 0.29) is 44.4 Å². The zero-order valence-electron chi connectivity index (χ0n) is 25.4. The Balaban J connectivity index is 1.44. The highest BCUT2D eigenvalue weighted by atomic mass is 32.1. The van der Waals surface area contributed by atoms with E-state index in [2.05, 4.69) is 28.5 Å².